The Kier molecular flexibility index (Phi) is 4.35. The van der Waals surface area contributed by atoms with Crippen LogP contribution in [-0.4, -0.2) is 29.6 Å². The molecule has 0 bridgehead atoms. The van der Waals surface area contributed by atoms with E-state index in [1.807, 2.05) is 0 Å². The fraction of sp³-hybridized carbons (Fsp3) is 0.667. The molecule has 1 aliphatic carbocycles. The van der Waals surface area contributed by atoms with Crippen LogP contribution in [0.25, 0.3) is 0 Å². The lowest BCUT2D eigenvalue weighted by Crippen LogP contribution is -2.50. The molecule has 3 N–H and O–H groups in total. The van der Waals surface area contributed by atoms with Gasteiger partial charge in [-0.2, -0.15) is 0 Å². The van der Waals surface area contributed by atoms with Crippen molar-refractivity contribution in [2.24, 2.45) is 19.8 Å². The zero-order valence-corrected chi connectivity index (χ0v) is 12.9. The van der Waals surface area contributed by atoms with Crippen molar-refractivity contribution in [3.63, 3.8) is 0 Å². The van der Waals surface area contributed by atoms with Crippen molar-refractivity contribution in [3.8, 4) is 0 Å². The number of rotatable bonds is 3. The second-order valence-electron chi connectivity index (χ2n) is 5.43. The molecule has 2 atom stereocenters. The predicted octanol–water partition coefficient (Wildman–Crippen LogP) is -1.37. The van der Waals surface area contributed by atoms with Gasteiger partial charge in [-0.15, -0.1) is 0 Å². The topological polar surface area (TPSA) is 116 Å². The van der Waals surface area contributed by atoms with Crippen molar-refractivity contribution in [3.05, 3.63) is 27.0 Å². The molecule has 0 spiro atoms. The third kappa shape index (κ3) is 3.09. The standard InChI is InChI=1S/C12H20N4O4S/c1-15-7-10(11(17)16(2)12(15)18)21(19,20)14-9-6-4-3-5-8(9)13/h7-9,14H,3-6,13H2,1-2H3. The minimum absolute atomic E-state index is 0.259. The summed E-state index contributed by atoms with van der Waals surface area (Å²) in [6, 6.07) is -0.643. The molecule has 1 fully saturated rings. The summed E-state index contributed by atoms with van der Waals surface area (Å²) in [6.07, 6.45) is 4.31. The zero-order chi connectivity index (χ0) is 15.8. The molecule has 9 heteroatoms. The molecule has 1 heterocycles. The van der Waals surface area contributed by atoms with Crippen LogP contribution in [0.1, 0.15) is 25.7 Å². The molecular formula is C12H20N4O4S. The fourth-order valence-corrected chi connectivity index (χ4v) is 4.01. The van der Waals surface area contributed by atoms with Crippen molar-refractivity contribution >= 4 is 10.0 Å². The molecule has 1 aliphatic rings. The molecule has 8 nitrogen and oxygen atoms in total. The van der Waals surface area contributed by atoms with E-state index in [4.69, 9.17) is 5.73 Å². The number of aromatic nitrogens is 2. The van der Waals surface area contributed by atoms with Gasteiger partial charge < -0.3 is 10.3 Å². The van der Waals surface area contributed by atoms with Crippen molar-refractivity contribution in [1.82, 2.24) is 13.9 Å². The summed E-state index contributed by atoms with van der Waals surface area (Å²) in [5.74, 6) is 0. The Morgan fingerprint density at radius 3 is 2.48 bits per heavy atom. The number of aryl methyl sites for hydroxylation is 1. The zero-order valence-electron chi connectivity index (χ0n) is 12.1. The average Bonchev–Trinajstić information content (AvgIpc) is 2.42. The molecule has 0 radical (unpaired) electrons. The largest absolute Gasteiger partial charge is 0.330 e. The highest BCUT2D eigenvalue weighted by atomic mass is 32.2. The molecule has 0 amide bonds. The van der Waals surface area contributed by atoms with Gasteiger partial charge in [0, 0.05) is 32.4 Å². The molecule has 0 aromatic carbocycles. The van der Waals surface area contributed by atoms with Gasteiger partial charge in [-0.05, 0) is 12.8 Å². The van der Waals surface area contributed by atoms with E-state index < -0.39 is 26.2 Å². The third-order valence-corrected chi connectivity index (χ3v) is 5.30. The number of hydrogen-bond acceptors (Lipinski definition) is 5. The quantitative estimate of drug-likeness (QED) is 0.714. The van der Waals surface area contributed by atoms with E-state index in [2.05, 4.69) is 4.72 Å². The highest BCUT2D eigenvalue weighted by Gasteiger charge is 2.29. The number of hydrogen-bond donors (Lipinski definition) is 2. The van der Waals surface area contributed by atoms with Gasteiger partial charge in [0.05, 0.1) is 0 Å². The van der Waals surface area contributed by atoms with Crippen LogP contribution in [0.2, 0.25) is 0 Å². The van der Waals surface area contributed by atoms with Gasteiger partial charge in [0.1, 0.15) is 0 Å². The van der Waals surface area contributed by atoms with Gasteiger partial charge >= 0.3 is 5.69 Å². The first-order valence-electron chi connectivity index (χ1n) is 6.78. The van der Waals surface area contributed by atoms with E-state index in [1.165, 1.54) is 14.1 Å². The van der Waals surface area contributed by atoms with Crippen LogP contribution in [0.3, 0.4) is 0 Å². The smallest absolute Gasteiger partial charge is 0.326 e. The van der Waals surface area contributed by atoms with Gasteiger partial charge in [-0.25, -0.2) is 17.9 Å². The predicted molar refractivity (Wildman–Crippen MR) is 77.5 cm³/mol. The van der Waals surface area contributed by atoms with Crippen LogP contribution in [0, 0.1) is 0 Å². The molecular weight excluding hydrogens is 296 g/mol. The van der Waals surface area contributed by atoms with Crippen molar-refractivity contribution in [2.75, 3.05) is 0 Å². The number of sulfonamides is 1. The van der Waals surface area contributed by atoms with Crippen LogP contribution in [0.5, 0.6) is 0 Å². The van der Waals surface area contributed by atoms with Gasteiger partial charge in [-0.3, -0.25) is 9.36 Å². The lowest BCUT2D eigenvalue weighted by Gasteiger charge is -2.28. The Labute approximate surface area is 122 Å². The molecule has 2 rings (SSSR count). The van der Waals surface area contributed by atoms with E-state index >= 15 is 0 Å². The average molecular weight is 316 g/mol. The van der Waals surface area contributed by atoms with Gasteiger partial charge in [-0.1, -0.05) is 12.8 Å². The monoisotopic (exact) mass is 316 g/mol. The molecule has 1 saturated carbocycles. The van der Waals surface area contributed by atoms with E-state index in [0.29, 0.717) is 6.42 Å². The van der Waals surface area contributed by atoms with Gasteiger partial charge in [0.15, 0.2) is 4.90 Å². The number of nitrogens with zero attached hydrogens (tertiary/aromatic N) is 2. The Bertz CT molecular complexity index is 750. The molecule has 1 aromatic rings. The van der Waals surface area contributed by atoms with Crippen LogP contribution in [-0.2, 0) is 24.1 Å². The maximum Gasteiger partial charge on any atom is 0.330 e. The molecule has 21 heavy (non-hydrogen) atoms. The normalized spacial score (nSPS) is 23.2. The molecule has 0 aliphatic heterocycles. The van der Waals surface area contributed by atoms with Gasteiger partial charge in [0.25, 0.3) is 5.56 Å². The highest BCUT2D eigenvalue weighted by Crippen LogP contribution is 2.18. The summed E-state index contributed by atoms with van der Waals surface area (Å²) < 4.78 is 29.1. The van der Waals surface area contributed by atoms with Crippen LogP contribution < -0.4 is 21.7 Å². The summed E-state index contributed by atoms with van der Waals surface area (Å²) in [5, 5.41) is 0. The lowest BCUT2D eigenvalue weighted by atomic mass is 9.92. The highest BCUT2D eigenvalue weighted by molar-refractivity contribution is 7.89. The fourth-order valence-electron chi connectivity index (χ4n) is 2.53. The Hall–Kier alpha value is -1.45. The maximum absolute atomic E-state index is 12.4. The van der Waals surface area contributed by atoms with Gasteiger partial charge in [0.2, 0.25) is 10.0 Å². The maximum atomic E-state index is 12.4. The molecule has 0 saturated heterocycles. The number of nitrogens with one attached hydrogen (secondary N) is 1. The number of nitrogens with two attached hydrogens (primary N) is 1. The lowest BCUT2D eigenvalue weighted by molar-refractivity contribution is 0.361. The Balaban J connectivity index is 2.41. The second kappa shape index (κ2) is 5.74. The summed E-state index contributed by atoms with van der Waals surface area (Å²) in [4.78, 5) is 23.2. The van der Waals surface area contributed by atoms with E-state index in [1.54, 1.807) is 0 Å². The van der Waals surface area contributed by atoms with Crippen molar-refractivity contribution in [1.29, 1.82) is 0 Å². The minimum Gasteiger partial charge on any atom is -0.326 e. The van der Waals surface area contributed by atoms with E-state index in [-0.39, 0.29) is 12.1 Å². The first-order valence-corrected chi connectivity index (χ1v) is 8.27. The van der Waals surface area contributed by atoms with Crippen LogP contribution >= 0.6 is 0 Å². The third-order valence-electron chi connectivity index (χ3n) is 3.83. The summed E-state index contributed by atoms with van der Waals surface area (Å²) in [5.41, 5.74) is 4.51. The summed E-state index contributed by atoms with van der Waals surface area (Å²) >= 11 is 0. The first-order chi connectivity index (χ1) is 9.74. The Morgan fingerprint density at radius 1 is 1.24 bits per heavy atom. The Morgan fingerprint density at radius 2 is 1.86 bits per heavy atom. The SMILES string of the molecule is Cn1cc(S(=O)(=O)NC2CCCCC2N)c(=O)n(C)c1=O. The van der Waals surface area contributed by atoms with E-state index in [9.17, 15) is 18.0 Å². The molecule has 118 valence electrons. The van der Waals surface area contributed by atoms with E-state index in [0.717, 1.165) is 34.6 Å². The van der Waals surface area contributed by atoms with Crippen LogP contribution in [0.4, 0.5) is 0 Å². The minimum atomic E-state index is -4.01. The summed E-state index contributed by atoms with van der Waals surface area (Å²) in [6.45, 7) is 0. The molecule has 1 aromatic heterocycles. The first kappa shape index (κ1) is 15.9. The van der Waals surface area contributed by atoms with Crippen molar-refractivity contribution < 1.29 is 8.42 Å². The summed E-state index contributed by atoms with van der Waals surface area (Å²) in [7, 11) is -1.37. The molecule has 2 unspecified atom stereocenters. The van der Waals surface area contributed by atoms with Crippen LogP contribution in [0.15, 0.2) is 20.7 Å². The second-order valence-corrected chi connectivity index (χ2v) is 7.11. The van der Waals surface area contributed by atoms with Crippen molar-refractivity contribution in [2.45, 2.75) is 42.7 Å².